The summed E-state index contributed by atoms with van der Waals surface area (Å²) in [6.07, 6.45) is 1.21. The van der Waals surface area contributed by atoms with Gasteiger partial charge >= 0.3 is 0 Å². The summed E-state index contributed by atoms with van der Waals surface area (Å²) in [4.78, 5) is 5.83. The van der Waals surface area contributed by atoms with Crippen LogP contribution in [0.5, 0.6) is 0 Å². The third-order valence-corrected chi connectivity index (χ3v) is 4.35. The Hall–Kier alpha value is -0.480. The molecule has 4 heteroatoms. The average Bonchev–Trinajstić information content (AvgIpc) is 2.86. The van der Waals surface area contributed by atoms with E-state index in [0.29, 0.717) is 5.25 Å². The molecule has 1 atom stereocenters. The maximum absolute atomic E-state index is 4.46. The maximum atomic E-state index is 4.46. The summed E-state index contributed by atoms with van der Waals surface area (Å²) in [6.45, 7) is 4.11. The summed E-state index contributed by atoms with van der Waals surface area (Å²) in [7, 11) is 0. The Morgan fingerprint density at radius 1 is 1.64 bits per heavy atom. The molecule has 1 aromatic rings. The fourth-order valence-corrected chi connectivity index (χ4v) is 2.88. The normalized spacial score (nSPS) is 20.9. The van der Waals surface area contributed by atoms with Crippen molar-refractivity contribution in [3.63, 3.8) is 0 Å². The lowest BCUT2D eigenvalue weighted by Gasteiger charge is -2.05. The first kappa shape index (κ1) is 10.1. The molecule has 0 amide bonds. The lowest BCUT2D eigenvalue weighted by Crippen LogP contribution is -2.18. The van der Waals surface area contributed by atoms with Crippen molar-refractivity contribution in [2.45, 2.75) is 25.1 Å². The molecule has 0 bridgehead atoms. The molecule has 0 aromatic carbocycles. The zero-order valence-electron chi connectivity index (χ0n) is 8.19. The van der Waals surface area contributed by atoms with Crippen LogP contribution in [0.25, 0.3) is 0 Å². The van der Waals surface area contributed by atoms with Gasteiger partial charge in [0.2, 0.25) is 0 Å². The van der Waals surface area contributed by atoms with Gasteiger partial charge in [0.15, 0.2) is 5.17 Å². The van der Waals surface area contributed by atoms with Gasteiger partial charge in [0.1, 0.15) is 0 Å². The van der Waals surface area contributed by atoms with E-state index in [0.717, 1.165) is 18.3 Å². The summed E-state index contributed by atoms with van der Waals surface area (Å²) in [6, 6.07) is 4.23. The minimum absolute atomic E-state index is 0.695. The van der Waals surface area contributed by atoms with Crippen LogP contribution in [0.15, 0.2) is 22.5 Å². The van der Waals surface area contributed by atoms with Crippen LogP contribution in [-0.4, -0.2) is 17.0 Å². The van der Waals surface area contributed by atoms with Crippen LogP contribution >= 0.6 is 23.1 Å². The molecule has 0 saturated heterocycles. The lowest BCUT2D eigenvalue weighted by molar-refractivity contribution is 0.840. The monoisotopic (exact) mass is 226 g/mol. The summed E-state index contributed by atoms with van der Waals surface area (Å²) in [5.41, 5.74) is 0. The van der Waals surface area contributed by atoms with Crippen LogP contribution in [0.2, 0.25) is 0 Å². The summed E-state index contributed by atoms with van der Waals surface area (Å²) >= 11 is 3.66. The third kappa shape index (κ3) is 2.51. The van der Waals surface area contributed by atoms with E-state index >= 15 is 0 Å². The highest BCUT2D eigenvalue weighted by molar-refractivity contribution is 8.14. The van der Waals surface area contributed by atoms with Gasteiger partial charge in [-0.25, -0.2) is 0 Å². The smallest absolute Gasteiger partial charge is 0.157 e. The van der Waals surface area contributed by atoms with Gasteiger partial charge in [0.05, 0.1) is 13.1 Å². The molecule has 76 valence electrons. The van der Waals surface area contributed by atoms with Crippen LogP contribution in [0.3, 0.4) is 0 Å². The lowest BCUT2D eigenvalue weighted by atomic mass is 10.3. The largest absolute Gasteiger partial charge is 0.360 e. The Morgan fingerprint density at radius 3 is 3.21 bits per heavy atom. The molecule has 14 heavy (non-hydrogen) atoms. The molecule has 1 aromatic heterocycles. The van der Waals surface area contributed by atoms with Crippen molar-refractivity contribution in [3.05, 3.63) is 22.4 Å². The molecule has 1 unspecified atom stereocenters. The number of nitrogens with one attached hydrogen (secondary N) is 1. The molecular weight excluding hydrogens is 212 g/mol. The molecule has 0 fully saturated rings. The molecule has 0 spiro atoms. The van der Waals surface area contributed by atoms with Gasteiger partial charge in [-0.2, -0.15) is 0 Å². The van der Waals surface area contributed by atoms with E-state index in [1.54, 1.807) is 11.3 Å². The summed E-state index contributed by atoms with van der Waals surface area (Å²) in [5.74, 6) is 0. The molecule has 0 aliphatic carbocycles. The highest BCUT2D eigenvalue weighted by Crippen LogP contribution is 2.22. The van der Waals surface area contributed by atoms with Crippen molar-refractivity contribution in [2.24, 2.45) is 4.99 Å². The summed E-state index contributed by atoms with van der Waals surface area (Å²) in [5, 5.41) is 7.29. The molecule has 2 heterocycles. The van der Waals surface area contributed by atoms with Gasteiger partial charge in [-0.3, -0.25) is 4.99 Å². The number of amidine groups is 1. The minimum atomic E-state index is 0.695. The minimum Gasteiger partial charge on any atom is -0.360 e. The molecule has 0 radical (unpaired) electrons. The van der Waals surface area contributed by atoms with Crippen LogP contribution in [0, 0.1) is 0 Å². The first-order chi connectivity index (χ1) is 6.88. The molecular formula is C10H14N2S2. The van der Waals surface area contributed by atoms with Crippen molar-refractivity contribution < 1.29 is 0 Å². The molecule has 1 aliphatic heterocycles. The Bertz CT molecular complexity index is 306. The highest BCUT2D eigenvalue weighted by Gasteiger charge is 2.16. The van der Waals surface area contributed by atoms with Crippen molar-refractivity contribution in [3.8, 4) is 0 Å². The van der Waals surface area contributed by atoms with Crippen LogP contribution in [0.4, 0.5) is 0 Å². The SMILES string of the molecule is CCC1CN=C(NCc2cccs2)S1. The zero-order chi connectivity index (χ0) is 9.80. The van der Waals surface area contributed by atoms with Gasteiger partial charge in [0.25, 0.3) is 0 Å². The van der Waals surface area contributed by atoms with E-state index in [1.165, 1.54) is 11.3 Å². The third-order valence-electron chi connectivity index (χ3n) is 2.17. The quantitative estimate of drug-likeness (QED) is 0.857. The molecule has 2 nitrogen and oxygen atoms in total. The number of thiophene rings is 1. The van der Waals surface area contributed by atoms with E-state index in [2.05, 4.69) is 34.7 Å². The van der Waals surface area contributed by atoms with Crippen molar-refractivity contribution in [1.82, 2.24) is 5.32 Å². The zero-order valence-corrected chi connectivity index (χ0v) is 9.83. The number of thioether (sulfide) groups is 1. The Kier molecular flexibility index (Phi) is 3.48. The molecule has 2 rings (SSSR count). The maximum Gasteiger partial charge on any atom is 0.157 e. The first-order valence-corrected chi connectivity index (χ1v) is 6.61. The van der Waals surface area contributed by atoms with Crippen molar-refractivity contribution >= 4 is 28.3 Å². The van der Waals surface area contributed by atoms with Crippen LogP contribution < -0.4 is 5.32 Å². The number of nitrogens with zero attached hydrogens (tertiary/aromatic N) is 1. The second-order valence-electron chi connectivity index (χ2n) is 3.23. The van der Waals surface area contributed by atoms with E-state index in [4.69, 9.17) is 0 Å². The van der Waals surface area contributed by atoms with Gasteiger partial charge in [0, 0.05) is 10.1 Å². The van der Waals surface area contributed by atoms with E-state index in [1.807, 2.05) is 11.8 Å². The summed E-state index contributed by atoms with van der Waals surface area (Å²) < 4.78 is 0. The average molecular weight is 226 g/mol. The van der Waals surface area contributed by atoms with Crippen molar-refractivity contribution in [2.75, 3.05) is 6.54 Å². The Morgan fingerprint density at radius 2 is 2.57 bits per heavy atom. The predicted octanol–water partition coefficient (Wildman–Crippen LogP) is 2.72. The van der Waals surface area contributed by atoms with Gasteiger partial charge in [-0.15, -0.1) is 11.3 Å². The molecule has 1 aliphatic rings. The molecule has 0 saturated carbocycles. The number of aliphatic imine (C=N–C) groups is 1. The fraction of sp³-hybridized carbons (Fsp3) is 0.500. The molecule has 1 N–H and O–H groups in total. The van der Waals surface area contributed by atoms with Crippen molar-refractivity contribution in [1.29, 1.82) is 0 Å². The van der Waals surface area contributed by atoms with E-state index in [-0.39, 0.29) is 0 Å². The Labute approximate surface area is 92.8 Å². The van der Waals surface area contributed by atoms with Gasteiger partial charge in [-0.05, 0) is 17.9 Å². The van der Waals surface area contributed by atoms with Crippen LogP contribution in [0.1, 0.15) is 18.2 Å². The highest BCUT2D eigenvalue weighted by atomic mass is 32.2. The topological polar surface area (TPSA) is 24.4 Å². The van der Waals surface area contributed by atoms with Gasteiger partial charge < -0.3 is 5.32 Å². The van der Waals surface area contributed by atoms with Crippen LogP contribution in [-0.2, 0) is 6.54 Å². The number of hydrogen-bond acceptors (Lipinski definition) is 4. The second-order valence-corrected chi connectivity index (χ2v) is 5.55. The Balaban J connectivity index is 1.77. The number of hydrogen-bond donors (Lipinski definition) is 1. The standard InChI is InChI=1S/C10H14N2S2/c1-2-8-6-11-10(14-8)12-7-9-4-3-5-13-9/h3-5,8H,2,6-7H2,1H3,(H,11,12). The van der Waals surface area contributed by atoms with Gasteiger partial charge in [-0.1, -0.05) is 24.8 Å². The second kappa shape index (κ2) is 4.84. The fourth-order valence-electron chi connectivity index (χ4n) is 1.30. The van der Waals surface area contributed by atoms with E-state index < -0.39 is 0 Å². The first-order valence-electron chi connectivity index (χ1n) is 4.86. The number of rotatable bonds is 3. The van der Waals surface area contributed by atoms with E-state index in [9.17, 15) is 0 Å². The predicted molar refractivity (Wildman–Crippen MR) is 65.1 cm³/mol.